The lowest BCUT2D eigenvalue weighted by Crippen LogP contribution is -2.26. The molecule has 0 saturated heterocycles. The van der Waals surface area contributed by atoms with E-state index in [-0.39, 0.29) is 18.2 Å². The zero-order valence-electron chi connectivity index (χ0n) is 14.6. The van der Waals surface area contributed by atoms with Crippen LogP contribution in [0.4, 0.5) is 0 Å². The number of nitrogens with zero attached hydrogens (tertiary/aromatic N) is 1. The standard InChI is InChI=1S/C19H20IN3O3/c1-13(22-23-19(25)15-4-3-5-16(20)11-15)10-18(24)21-12-14-6-8-17(26-2)9-7-14/h3-9,11H,10,12H2,1-2H3,(H,21,24)(H,23,25). The fourth-order valence-electron chi connectivity index (χ4n) is 2.12. The SMILES string of the molecule is COc1ccc(CNC(=O)CC(C)=NNC(=O)c2cccc(I)c2)cc1. The van der Waals surface area contributed by atoms with E-state index in [1.807, 2.05) is 30.3 Å². The normalized spacial score (nSPS) is 11.0. The number of amides is 2. The number of methoxy groups -OCH3 is 1. The summed E-state index contributed by atoms with van der Waals surface area (Å²) in [6.07, 6.45) is 0.114. The molecule has 2 aromatic rings. The molecule has 0 saturated carbocycles. The van der Waals surface area contributed by atoms with Crippen LogP contribution in [-0.4, -0.2) is 24.6 Å². The largest absolute Gasteiger partial charge is 0.497 e. The van der Waals surface area contributed by atoms with Crippen LogP contribution in [0.25, 0.3) is 0 Å². The summed E-state index contributed by atoms with van der Waals surface area (Å²) in [6.45, 7) is 2.12. The molecule has 2 rings (SSSR count). The quantitative estimate of drug-likeness (QED) is 0.375. The summed E-state index contributed by atoms with van der Waals surface area (Å²) in [5.74, 6) is 0.305. The summed E-state index contributed by atoms with van der Waals surface area (Å²) < 4.78 is 6.06. The first-order chi connectivity index (χ1) is 12.5. The summed E-state index contributed by atoms with van der Waals surface area (Å²) in [4.78, 5) is 24.0. The van der Waals surface area contributed by atoms with E-state index in [9.17, 15) is 9.59 Å². The van der Waals surface area contributed by atoms with E-state index < -0.39 is 0 Å². The Kier molecular flexibility index (Phi) is 7.58. The van der Waals surface area contributed by atoms with Crippen molar-refractivity contribution in [1.82, 2.24) is 10.7 Å². The van der Waals surface area contributed by atoms with Gasteiger partial charge in [-0.3, -0.25) is 9.59 Å². The predicted octanol–water partition coefficient (Wildman–Crippen LogP) is 3.11. The van der Waals surface area contributed by atoms with Crippen LogP contribution in [0, 0.1) is 3.57 Å². The van der Waals surface area contributed by atoms with E-state index in [4.69, 9.17) is 4.74 Å². The molecule has 0 radical (unpaired) electrons. The number of hydrogen-bond donors (Lipinski definition) is 2. The number of hydrogen-bond acceptors (Lipinski definition) is 4. The van der Waals surface area contributed by atoms with Crippen LogP contribution in [0.2, 0.25) is 0 Å². The van der Waals surface area contributed by atoms with Gasteiger partial charge in [-0.15, -0.1) is 0 Å². The molecule has 0 atom stereocenters. The smallest absolute Gasteiger partial charge is 0.271 e. The van der Waals surface area contributed by atoms with Crippen LogP contribution in [0.1, 0.15) is 29.3 Å². The second-order valence-corrected chi connectivity index (χ2v) is 6.85. The number of carbonyl (C=O) groups is 2. The first kappa shape index (κ1) is 19.9. The van der Waals surface area contributed by atoms with Crippen molar-refractivity contribution in [3.63, 3.8) is 0 Å². The maximum atomic E-state index is 12.0. The molecule has 0 aliphatic rings. The van der Waals surface area contributed by atoms with Crippen LogP contribution in [-0.2, 0) is 11.3 Å². The maximum absolute atomic E-state index is 12.0. The van der Waals surface area contributed by atoms with Gasteiger partial charge in [-0.2, -0.15) is 5.10 Å². The minimum absolute atomic E-state index is 0.114. The van der Waals surface area contributed by atoms with Crippen LogP contribution < -0.4 is 15.5 Å². The Balaban J connectivity index is 1.80. The molecule has 7 heteroatoms. The van der Waals surface area contributed by atoms with Crippen molar-refractivity contribution in [2.24, 2.45) is 5.10 Å². The highest BCUT2D eigenvalue weighted by Gasteiger charge is 2.07. The van der Waals surface area contributed by atoms with E-state index in [1.54, 1.807) is 32.2 Å². The third-order valence-electron chi connectivity index (χ3n) is 3.50. The third-order valence-corrected chi connectivity index (χ3v) is 4.17. The molecule has 0 aromatic heterocycles. The fourth-order valence-corrected chi connectivity index (χ4v) is 2.66. The highest BCUT2D eigenvalue weighted by atomic mass is 127. The number of benzene rings is 2. The molecule has 2 amide bonds. The van der Waals surface area contributed by atoms with E-state index in [0.717, 1.165) is 14.9 Å². The average Bonchev–Trinajstić information content (AvgIpc) is 2.65. The Labute approximate surface area is 166 Å². The van der Waals surface area contributed by atoms with E-state index >= 15 is 0 Å². The molecule has 26 heavy (non-hydrogen) atoms. The highest BCUT2D eigenvalue weighted by molar-refractivity contribution is 14.1. The van der Waals surface area contributed by atoms with Crippen molar-refractivity contribution in [3.8, 4) is 5.75 Å². The molecule has 6 nitrogen and oxygen atoms in total. The van der Waals surface area contributed by atoms with Crippen molar-refractivity contribution in [2.45, 2.75) is 19.9 Å². The van der Waals surface area contributed by atoms with Gasteiger partial charge in [-0.1, -0.05) is 18.2 Å². The van der Waals surface area contributed by atoms with E-state index in [1.165, 1.54) is 0 Å². The minimum atomic E-state index is -0.304. The Hall–Kier alpha value is -2.42. The molecule has 0 bridgehead atoms. The van der Waals surface area contributed by atoms with Gasteiger partial charge in [0.15, 0.2) is 0 Å². The highest BCUT2D eigenvalue weighted by Crippen LogP contribution is 2.11. The van der Waals surface area contributed by atoms with Gasteiger partial charge < -0.3 is 10.1 Å². The maximum Gasteiger partial charge on any atom is 0.271 e. The van der Waals surface area contributed by atoms with Gasteiger partial charge in [-0.05, 0) is 65.4 Å². The summed E-state index contributed by atoms with van der Waals surface area (Å²) in [6, 6.07) is 14.6. The van der Waals surface area contributed by atoms with Crippen molar-refractivity contribution in [2.75, 3.05) is 7.11 Å². The van der Waals surface area contributed by atoms with Crippen molar-refractivity contribution in [3.05, 3.63) is 63.2 Å². The summed E-state index contributed by atoms with van der Waals surface area (Å²) in [7, 11) is 1.61. The van der Waals surface area contributed by atoms with Gasteiger partial charge in [0.05, 0.1) is 13.5 Å². The lowest BCUT2D eigenvalue weighted by molar-refractivity contribution is -0.120. The van der Waals surface area contributed by atoms with Crippen LogP contribution in [0.5, 0.6) is 5.75 Å². The number of ether oxygens (including phenoxy) is 1. The zero-order chi connectivity index (χ0) is 18.9. The topological polar surface area (TPSA) is 79.8 Å². The Bertz CT molecular complexity index is 804. The number of halogens is 1. The minimum Gasteiger partial charge on any atom is -0.497 e. The molecule has 136 valence electrons. The fraction of sp³-hybridized carbons (Fsp3) is 0.211. The molecule has 0 heterocycles. The molecular formula is C19H20IN3O3. The number of carbonyl (C=O) groups excluding carboxylic acids is 2. The van der Waals surface area contributed by atoms with Crippen molar-refractivity contribution < 1.29 is 14.3 Å². The Morgan fingerprint density at radius 3 is 2.54 bits per heavy atom. The number of rotatable bonds is 7. The molecule has 0 aliphatic carbocycles. The first-order valence-corrected chi connectivity index (χ1v) is 9.04. The Morgan fingerprint density at radius 1 is 1.15 bits per heavy atom. The van der Waals surface area contributed by atoms with Gasteiger partial charge in [0.2, 0.25) is 5.91 Å². The Morgan fingerprint density at radius 2 is 1.88 bits per heavy atom. The van der Waals surface area contributed by atoms with Crippen molar-refractivity contribution >= 4 is 40.1 Å². The lowest BCUT2D eigenvalue weighted by atomic mass is 10.2. The monoisotopic (exact) mass is 465 g/mol. The average molecular weight is 465 g/mol. The third kappa shape index (κ3) is 6.47. The second kappa shape index (κ2) is 9.91. The molecule has 0 fully saturated rings. The molecule has 0 aliphatic heterocycles. The van der Waals surface area contributed by atoms with Crippen LogP contribution in [0.15, 0.2) is 53.6 Å². The summed E-state index contributed by atoms with van der Waals surface area (Å²) in [5.41, 5.74) is 4.49. The lowest BCUT2D eigenvalue weighted by Gasteiger charge is -2.07. The predicted molar refractivity (Wildman–Crippen MR) is 109 cm³/mol. The molecule has 2 aromatic carbocycles. The number of nitrogens with one attached hydrogen (secondary N) is 2. The van der Waals surface area contributed by atoms with Gasteiger partial charge in [0.25, 0.3) is 5.91 Å². The van der Waals surface area contributed by atoms with Gasteiger partial charge in [-0.25, -0.2) is 5.43 Å². The van der Waals surface area contributed by atoms with E-state index in [2.05, 4.69) is 38.4 Å². The molecule has 0 unspecified atom stereocenters. The molecular weight excluding hydrogens is 445 g/mol. The summed E-state index contributed by atoms with van der Waals surface area (Å²) in [5, 5.41) is 6.80. The zero-order valence-corrected chi connectivity index (χ0v) is 16.7. The van der Waals surface area contributed by atoms with Gasteiger partial charge in [0.1, 0.15) is 5.75 Å². The number of hydrazone groups is 1. The van der Waals surface area contributed by atoms with Gasteiger partial charge in [0, 0.05) is 21.4 Å². The first-order valence-electron chi connectivity index (χ1n) is 7.96. The summed E-state index contributed by atoms with van der Waals surface area (Å²) >= 11 is 2.14. The van der Waals surface area contributed by atoms with Crippen molar-refractivity contribution in [1.29, 1.82) is 0 Å². The second-order valence-electron chi connectivity index (χ2n) is 5.60. The molecule has 2 N–H and O–H groups in total. The van der Waals surface area contributed by atoms with Crippen LogP contribution >= 0.6 is 22.6 Å². The van der Waals surface area contributed by atoms with Crippen LogP contribution in [0.3, 0.4) is 0 Å². The molecule has 0 spiro atoms. The van der Waals surface area contributed by atoms with E-state index in [0.29, 0.717) is 17.8 Å². The van der Waals surface area contributed by atoms with Gasteiger partial charge >= 0.3 is 0 Å².